The molecular formula is C23H32N4O2. The normalized spacial score (nSPS) is 15.2. The van der Waals surface area contributed by atoms with Crippen molar-refractivity contribution in [3.05, 3.63) is 48.2 Å². The third kappa shape index (κ3) is 6.19. The van der Waals surface area contributed by atoms with E-state index < -0.39 is 0 Å². The molecule has 1 aliphatic rings. The summed E-state index contributed by atoms with van der Waals surface area (Å²) in [6.07, 6.45) is 4.13. The monoisotopic (exact) mass is 396 g/mol. The standard InChI is InChI=1S/C23H32N4O2/c1-18(2)11-14-26-12-4-13-27(16-15-26)22-10-7-20(17-24-22)25-23(28)19-5-8-21(29-3)9-6-19/h5-10,17-18H,4,11-16H2,1-3H3,(H,25,28). The lowest BCUT2D eigenvalue weighted by atomic mass is 10.1. The Morgan fingerprint density at radius 2 is 1.90 bits per heavy atom. The summed E-state index contributed by atoms with van der Waals surface area (Å²) < 4.78 is 5.13. The van der Waals surface area contributed by atoms with Gasteiger partial charge in [0.15, 0.2) is 0 Å². The van der Waals surface area contributed by atoms with Gasteiger partial charge in [0.05, 0.1) is 19.0 Å². The molecule has 1 saturated heterocycles. The molecule has 0 radical (unpaired) electrons. The molecule has 0 unspecified atom stereocenters. The second kappa shape index (κ2) is 10.3. The summed E-state index contributed by atoms with van der Waals surface area (Å²) in [5.74, 6) is 2.29. The van der Waals surface area contributed by atoms with Crippen LogP contribution in [0.1, 0.15) is 37.0 Å². The molecule has 1 aromatic carbocycles. The summed E-state index contributed by atoms with van der Waals surface area (Å²) >= 11 is 0. The van der Waals surface area contributed by atoms with E-state index >= 15 is 0 Å². The highest BCUT2D eigenvalue weighted by Crippen LogP contribution is 2.18. The fraction of sp³-hybridized carbons (Fsp3) is 0.478. The van der Waals surface area contributed by atoms with Crippen LogP contribution < -0.4 is 15.0 Å². The number of methoxy groups -OCH3 is 1. The molecule has 0 saturated carbocycles. The van der Waals surface area contributed by atoms with Gasteiger partial charge in [-0.3, -0.25) is 4.79 Å². The fourth-order valence-electron chi connectivity index (χ4n) is 3.46. The third-order valence-electron chi connectivity index (χ3n) is 5.29. The van der Waals surface area contributed by atoms with E-state index in [4.69, 9.17) is 4.74 Å². The van der Waals surface area contributed by atoms with E-state index in [2.05, 4.69) is 33.9 Å². The first kappa shape index (κ1) is 21.1. The Morgan fingerprint density at radius 1 is 1.10 bits per heavy atom. The molecule has 6 heteroatoms. The molecule has 2 aromatic rings. The van der Waals surface area contributed by atoms with Gasteiger partial charge < -0.3 is 19.9 Å². The van der Waals surface area contributed by atoms with Crippen LogP contribution in [0.2, 0.25) is 0 Å². The molecule has 6 nitrogen and oxygen atoms in total. The van der Waals surface area contributed by atoms with Crippen LogP contribution >= 0.6 is 0 Å². The van der Waals surface area contributed by atoms with Crippen LogP contribution in [-0.4, -0.2) is 55.6 Å². The van der Waals surface area contributed by atoms with Gasteiger partial charge in [-0.15, -0.1) is 0 Å². The number of rotatable bonds is 7. The minimum Gasteiger partial charge on any atom is -0.497 e. The molecule has 1 aliphatic heterocycles. The van der Waals surface area contributed by atoms with E-state index in [1.165, 1.54) is 13.0 Å². The average Bonchev–Trinajstić information content (AvgIpc) is 2.98. The highest BCUT2D eigenvalue weighted by atomic mass is 16.5. The molecule has 0 atom stereocenters. The van der Waals surface area contributed by atoms with Crippen LogP contribution in [0.4, 0.5) is 11.5 Å². The lowest BCUT2D eigenvalue weighted by Crippen LogP contribution is -2.32. The number of ether oxygens (including phenoxy) is 1. The van der Waals surface area contributed by atoms with Gasteiger partial charge in [-0.1, -0.05) is 13.8 Å². The van der Waals surface area contributed by atoms with E-state index in [9.17, 15) is 4.79 Å². The lowest BCUT2D eigenvalue weighted by Gasteiger charge is -2.23. The quantitative estimate of drug-likeness (QED) is 0.769. The van der Waals surface area contributed by atoms with Crippen molar-refractivity contribution >= 4 is 17.4 Å². The number of hydrogen-bond donors (Lipinski definition) is 1. The second-order valence-electron chi connectivity index (χ2n) is 7.95. The van der Waals surface area contributed by atoms with Crippen LogP contribution in [0, 0.1) is 5.92 Å². The number of anilines is 2. The number of aromatic nitrogens is 1. The van der Waals surface area contributed by atoms with E-state index in [1.54, 1.807) is 37.6 Å². The summed E-state index contributed by atoms with van der Waals surface area (Å²) in [5.41, 5.74) is 1.28. The third-order valence-corrected chi connectivity index (χ3v) is 5.29. The zero-order valence-corrected chi connectivity index (χ0v) is 17.7. The predicted molar refractivity (Wildman–Crippen MR) is 118 cm³/mol. The number of nitrogens with one attached hydrogen (secondary N) is 1. The molecular weight excluding hydrogens is 364 g/mol. The minimum atomic E-state index is -0.155. The predicted octanol–water partition coefficient (Wildman–Crippen LogP) is 3.90. The fourth-order valence-corrected chi connectivity index (χ4v) is 3.46. The average molecular weight is 397 g/mol. The van der Waals surface area contributed by atoms with Gasteiger partial charge in [0.1, 0.15) is 11.6 Å². The first-order valence-electron chi connectivity index (χ1n) is 10.4. The molecule has 1 amide bonds. The maximum atomic E-state index is 12.4. The van der Waals surface area contributed by atoms with Gasteiger partial charge in [0, 0.05) is 25.2 Å². The maximum Gasteiger partial charge on any atom is 0.255 e. The van der Waals surface area contributed by atoms with Crippen LogP contribution in [0.5, 0.6) is 5.75 Å². The number of hydrogen-bond acceptors (Lipinski definition) is 5. The SMILES string of the molecule is COc1ccc(C(=O)Nc2ccc(N3CCCN(CCC(C)C)CC3)nc2)cc1. The van der Waals surface area contributed by atoms with Crippen molar-refractivity contribution in [2.45, 2.75) is 26.7 Å². The maximum absolute atomic E-state index is 12.4. The molecule has 0 bridgehead atoms. The zero-order valence-electron chi connectivity index (χ0n) is 17.7. The van der Waals surface area contributed by atoms with Gasteiger partial charge in [0.25, 0.3) is 5.91 Å². The molecule has 1 fully saturated rings. The Morgan fingerprint density at radius 3 is 2.55 bits per heavy atom. The smallest absolute Gasteiger partial charge is 0.255 e. The van der Waals surface area contributed by atoms with Gasteiger partial charge in [-0.05, 0) is 68.2 Å². The van der Waals surface area contributed by atoms with Crippen molar-refractivity contribution in [1.29, 1.82) is 0 Å². The Kier molecular flexibility index (Phi) is 7.47. The number of pyridine rings is 1. The summed E-state index contributed by atoms with van der Waals surface area (Å²) in [6, 6.07) is 11.0. The summed E-state index contributed by atoms with van der Waals surface area (Å²) in [5, 5.41) is 2.90. The number of amides is 1. The van der Waals surface area contributed by atoms with Crippen molar-refractivity contribution in [2.75, 3.05) is 50.1 Å². The number of carbonyl (C=O) groups is 1. The van der Waals surface area contributed by atoms with E-state index in [-0.39, 0.29) is 5.91 Å². The zero-order chi connectivity index (χ0) is 20.6. The molecule has 29 heavy (non-hydrogen) atoms. The van der Waals surface area contributed by atoms with Gasteiger partial charge in [-0.25, -0.2) is 4.98 Å². The summed E-state index contributed by atoms with van der Waals surface area (Å²) in [4.78, 5) is 21.9. The lowest BCUT2D eigenvalue weighted by molar-refractivity contribution is 0.102. The highest BCUT2D eigenvalue weighted by molar-refractivity contribution is 6.04. The second-order valence-corrected chi connectivity index (χ2v) is 7.95. The first-order chi connectivity index (χ1) is 14.0. The summed E-state index contributed by atoms with van der Waals surface area (Å²) in [7, 11) is 1.61. The number of carbonyl (C=O) groups excluding carboxylic acids is 1. The highest BCUT2D eigenvalue weighted by Gasteiger charge is 2.16. The number of benzene rings is 1. The number of nitrogens with zero attached hydrogens (tertiary/aromatic N) is 3. The molecule has 0 aliphatic carbocycles. The van der Waals surface area contributed by atoms with Gasteiger partial charge in [-0.2, -0.15) is 0 Å². The first-order valence-corrected chi connectivity index (χ1v) is 10.4. The Bertz CT molecular complexity index is 774. The molecule has 1 N–H and O–H groups in total. The molecule has 2 heterocycles. The van der Waals surface area contributed by atoms with Crippen LogP contribution in [0.25, 0.3) is 0 Å². The van der Waals surface area contributed by atoms with Crippen LogP contribution in [0.3, 0.4) is 0 Å². The van der Waals surface area contributed by atoms with E-state index in [0.29, 0.717) is 11.3 Å². The topological polar surface area (TPSA) is 57.7 Å². The Labute approximate surface area is 173 Å². The van der Waals surface area contributed by atoms with Crippen molar-refractivity contribution in [1.82, 2.24) is 9.88 Å². The van der Waals surface area contributed by atoms with Crippen molar-refractivity contribution in [2.24, 2.45) is 5.92 Å². The largest absolute Gasteiger partial charge is 0.497 e. The van der Waals surface area contributed by atoms with Gasteiger partial charge >= 0.3 is 0 Å². The summed E-state index contributed by atoms with van der Waals surface area (Å²) in [6.45, 7) is 9.97. The Balaban J connectivity index is 1.54. The van der Waals surface area contributed by atoms with Crippen LogP contribution in [0.15, 0.2) is 42.6 Å². The van der Waals surface area contributed by atoms with E-state index in [0.717, 1.165) is 50.1 Å². The van der Waals surface area contributed by atoms with Crippen molar-refractivity contribution < 1.29 is 9.53 Å². The molecule has 0 spiro atoms. The van der Waals surface area contributed by atoms with Crippen molar-refractivity contribution in [3.8, 4) is 5.75 Å². The van der Waals surface area contributed by atoms with Crippen molar-refractivity contribution in [3.63, 3.8) is 0 Å². The minimum absolute atomic E-state index is 0.155. The molecule has 1 aromatic heterocycles. The molecule has 156 valence electrons. The van der Waals surface area contributed by atoms with Gasteiger partial charge in [0.2, 0.25) is 0 Å². The van der Waals surface area contributed by atoms with Crippen LogP contribution in [-0.2, 0) is 0 Å². The Hall–Kier alpha value is -2.60. The van der Waals surface area contributed by atoms with E-state index in [1.807, 2.05) is 12.1 Å². The molecule has 3 rings (SSSR count).